The first kappa shape index (κ1) is 30.9. The zero-order valence-electron chi connectivity index (χ0n) is 26.8. The van der Waals surface area contributed by atoms with Gasteiger partial charge in [0.25, 0.3) is 23.6 Å². The van der Waals surface area contributed by atoms with Gasteiger partial charge in [-0.3, -0.25) is 33.8 Å². The van der Waals surface area contributed by atoms with E-state index >= 15 is 0 Å². The number of hydrogen-bond donors (Lipinski definition) is 0. The van der Waals surface area contributed by atoms with Crippen molar-refractivity contribution in [2.24, 2.45) is 0 Å². The fourth-order valence-corrected chi connectivity index (χ4v) is 6.81. The third-order valence-electron chi connectivity index (χ3n) is 9.32. The van der Waals surface area contributed by atoms with Gasteiger partial charge < -0.3 is 14.4 Å². The third-order valence-corrected chi connectivity index (χ3v) is 9.32. The molecule has 11 nitrogen and oxygen atoms in total. The van der Waals surface area contributed by atoms with E-state index in [0.29, 0.717) is 59.1 Å². The molecule has 0 atom stereocenters. The fourth-order valence-electron chi connectivity index (χ4n) is 6.81. The Kier molecular flexibility index (Phi) is 8.06. The van der Waals surface area contributed by atoms with Crippen LogP contribution in [0, 0.1) is 0 Å². The molecule has 2 aliphatic heterocycles. The number of aromatic nitrogens is 2. The van der Waals surface area contributed by atoms with Gasteiger partial charge in [-0.1, -0.05) is 36.4 Å². The van der Waals surface area contributed by atoms with Crippen LogP contribution in [0.15, 0.2) is 85.5 Å². The zero-order valence-corrected chi connectivity index (χ0v) is 26.8. The highest BCUT2D eigenvalue weighted by atomic mass is 16.2. The Hall–Kier alpha value is -5.68. The maximum Gasteiger partial charge on any atom is 0.261 e. The van der Waals surface area contributed by atoms with Crippen molar-refractivity contribution in [3.8, 4) is 5.69 Å². The maximum atomic E-state index is 13.5. The lowest BCUT2D eigenvalue weighted by molar-refractivity contribution is -0.129. The molecule has 0 fully saturated rings. The Morgan fingerprint density at radius 2 is 1.27 bits per heavy atom. The third kappa shape index (κ3) is 5.31. The van der Waals surface area contributed by atoms with Gasteiger partial charge in [-0.15, -0.1) is 0 Å². The van der Waals surface area contributed by atoms with E-state index in [9.17, 15) is 24.0 Å². The molecule has 0 unspecified atom stereocenters. The van der Waals surface area contributed by atoms with Gasteiger partial charge in [0.1, 0.15) is 0 Å². The molecule has 3 heterocycles. The minimum absolute atomic E-state index is 0.0923. The highest BCUT2D eigenvalue weighted by Gasteiger charge is 2.34. The van der Waals surface area contributed by atoms with Gasteiger partial charge in [0.15, 0.2) is 0 Å². The van der Waals surface area contributed by atoms with Crippen molar-refractivity contribution in [1.29, 1.82) is 0 Å². The summed E-state index contributed by atoms with van der Waals surface area (Å²) >= 11 is 0. The van der Waals surface area contributed by atoms with Gasteiger partial charge >= 0.3 is 0 Å². The smallest absolute Gasteiger partial charge is 0.261 e. The van der Waals surface area contributed by atoms with Crippen LogP contribution in [0.25, 0.3) is 27.2 Å². The second-order valence-corrected chi connectivity index (χ2v) is 12.2. The quantitative estimate of drug-likeness (QED) is 0.198. The summed E-state index contributed by atoms with van der Waals surface area (Å²) in [5.74, 6) is -1.50. The van der Waals surface area contributed by atoms with Crippen molar-refractivity contribution in [2.45, 2.75) is 13.3 Å². The molecule has 48 heavy (non-hydrogen) atoms. The van der Waals surface area contributed by atoms with Crippen LogP contribution in [0.5, 0.6) is 0 Å². The number of likely N-dealkylation sites (N-methyl/N-ethyl adjacent to an activating group) is 1. The molecule has 5 amide bonds. The SMILES string of the molecule is CC(=O)N(CCCN(C)CCN1C(=O)c2cccc3c(-n4ccnc4)ccc(c23)C1=O)CCN1C(=O)c2cccc3cccc(c23)C1=O. The second-order valence-electron chi connectivity index (χ2n) is 12.2. The molecule has 11 heteroatoms. The minimum atomic E-state index is -0.355. The number of imide groups is 2. The summed E-state index contributed by atoms with van der Waals surface area (Å²) in [6.07, 6.45) is 5.82. The lowest BCUT2D eigenvalue weighted by atomic mass is 9.93. The number of rotatable bonds is 11. The normalized spacial score (nSPS) is 14.1. The predicted molar refractivity (Wildman–Crippen MR) is 180 cm³/mol. The second kappa shape index (κ2) is 12.5. The van der Waals surface area contributed by atoms with E-state index in [-0.39, 0.29) is 49.2 Å². The van der Waals surface area contributed by atoms with Crippen LogP contribution in [0.2, 0.25) is 0 Å². The van der Waals surface area contributed by atoms with E-state index in [1.807, 2.05) is 53.0 Å². The molecule has 7 rings (SSSR count). The summed E-state index contributed by atoms with van der Waals surface area (Å²) in [6.45, 7) is 3.50. The Labute approximate surface area is 276 Å². The topological polar surface area (TPSA) is 116 Å². The van der Waals surface area contributed by atoms with Gasteiger partial charge in [-0.25, -0.2) is 4.98 Å². The van der Waals surface area contributed by atoms with Crippen molar-refractivity contribution in [1.82, 2.24) is 29.2 Å². The predicted octanol–water partition coefficient (Wildman–Crippen LogP) is 4.24. The Morgan fingerprint density at radius 1 is 0.688 bits per heavy atom. The van der Waals surface area contributed by atoms with Crippen molar-refractivity contribution >= 4 is 51.1 Å². The van der Waals surface area contributed by atoms with Crippen LogP contribution in [0.3, 0.4) is 0 Å². The Bertz CT molecular complexity index is 2050. The van der Waals surface area contributed by atoms with Crippen molar-refractivity contribution in [3.05, 3.63) is 108 Å². The molecule has 242 valence electrons. The first-order valence-corrected chi connectivity index (χ1v) is 16.0. The van der Waals surface area contributed by atoms with Gasteiger partial charge in [0.05, 0.1) is 12.0 Å². The van der Waals surface area contributed by atoms with E-state index in [0.717, 1.165) is 16.5 Å². The lowest BCUT2D eigenvalue weighted by Crippen LogP contribution is -2.46. The standard InChI is InChI=1S/C37H34N6O5/c1-24(44)40(20-22-43-34(45)27-10-3-7-25-8-4-11-28(32(25)27)35(43)46)17-6-16-39(2)19-21-42-36(47)29-12-5-9-26-31(41-18-15-38-23-41)14-13-30(33(26)29)37(42)48/h3-5,7-15,18,23H,6,16-17,19-22H2,1-2H3. The molecule has 0 spiro atoms. The van der Waals surface area contributed by atoms with E-state index < -0.39 is 0 Å². The molecule has 0 N–H and O–H groups in total. The molecule has 0 saturated carbocycles. The highest BCUT2D eigenvalue weighted by molar-refractivity contribution is 6.27. The average molecular weight is 643 g/mol. The van der Waals surface area contributed by atoms with Crippen LogP contribution < -0.4 is 0 Å². The van der Waals surface area contributed by atoms with Crippen molar-refractivity contribution < 1.29 is 24.0 Å². The Morgan fingerprint density at radius 3 is 1.88 bits per heavy atom. The van der Waals surface area contributed by atoms with E-state index in [1.165, 1.54) is 16.7 Å². The van der Waals surface area contributed by atoms with E-state index in [2.05, 4.69) is 4.98 Å². The molecular formula is C37H34N6O5. The first-order chi connectivity index (χ1) is 23.2. The molecule has 0 radical (unpaired) electrons. The average Bonchev–Trinajstić information content (AvgIpc) is 3.63. The van der Waals surface area contributed by atoms with Gasteiger partial charge in [-0.2, -0.15) is 0 Å². The largest absolute Gasteiger partial charge is 0.341 e. The molecule has 5 aromatic rings. The lowest BCUT2D eigenvalue weighted by Gasteiger charge is -2.30. The monoisotopic (exact) mass is 642 g/mol. The van der Waals surface area contributed by atoms with Gasteiger partial charge in [0, 0.05) is 90.5 Å². The van der Waals surface area contributed by atoms with Gasteiger partial charge in [0.2, 0.25) is 5.91 Å². The number of carbonyl (C=O) groups is 5. The summed E-state index contributed by atoms with van der Waals surface area (Å²) in [7, 11) is 1.91. The molecule has 4 aromatic carbocycles. The number of amides is 5. The first-order valence-electron chi connectivity index (χ1n) is 16.0. The van der Waals surface area contributed by atoms with Crippen LogP contribution in [-0.4, -0.2) is 105 Å². The number of nitrogens with zero attached hydrogens (tertiary/aromatic N) is 6. The van der Waals surface area contributed by atoms with Crippen LogP contribution in [0.4, 0.5) is 0 Å². The molecule has 0 aliphatic carbocycles. The molecule has 0 saturated heterocycles. The molecule has 1 aromatic heterocycles. The Balaban J connectivity index is 0.948. The van der Waals surface area contributed by atoms with Crippen molar-refractivity contribution in [2.75, 3.05) is 46.3 Å². The number of benzene rings is 4. The summed E-state index contributed by atoms with van der Waals surface area (Å²) in [5, 5.41) is 2.98. The zero-order chi connectivity index (χ0) is 33.5. The maximum absolute atomic E-state index is 13.5. The molecule has 0 bridgehead atoms. The molecule has 2 aliphatic rings. The highest BCUT2D eigenvalue weighted by Crippen LogP contribution is 2.34. The minimum Gasteiger partial charge on any atom is -0.341 e. The summed E-state index contributed by atoms with van der Waals surface area (Å²) in [5.41, 5.74) is 2.82. The summed E-state index contributed by atoms with van der Waals surface area (Å²) in [6, 6.07) is 20.0. The van der Waals surface area contributed by atoms with Crippen molar-refractivity contribution in [3.63, 3.8) is 0 Å². The van der Waals surface area contributed by atoms with Gasteiger partial charge in [-0.05, 0) is 55.7 Å². The molecular weight excluding hydrogens is 608 g/mol. The van der Waals surface area contributed by atoms with Crippen LogP contribution in [-0.2, 0) is 4.79 Å². The van der Waals surface area contributed by atoms with Crippen LogP contribution in [0.1, 0.15) is 54.8 Å². The summed E-state index contributed by atoms with van der Waals surface area (Å²) in [4.78, 5) is 76.5. The fraction of sp³-hybridized carbons (Fsp3) is 0.243. The number of hydrogen-bond acceptors (Lipinski definition) is 7. The van der Waals surface area contributed by atoms with E-state index in [1.54, 1.807) is 53.8 Å². The number of carbonyl (C=O) groups excluding carboxylic acids is 5. The van der Waals surface area contributed by atoms with E-state index in [4.69, 9.17) is 0 Å². The number of imidazole rings is 1. The van der Waals surface area contributed by atoms with Crippen LogP contribution >= 0.6 is 0 Å². The summed E-state index contributed by atoms with van der Waals surface area (Å²) < 4.78 is 1.86.